The largest absolute Gasteiger partial charge is 0.371 e. The van der Waals surface area contributed by atoms with Gasteiger partial charge in [-0.1, -0.05) is 29.8 Å². The second-order valence-electron chi connectivity index (χ2n) is 6.72. The average Bonchev–Trinajstić information content (AvgIpc) is 2.37. The Balaban J connectivity index is 2.21. The fourth-order valence-corrected chi connectivity index (χ4v) is 3.43. The lowest BCUT2D eigenvalue weighted by Crippen LogP contribution is -2.37. The minimum Gasteiger partial charge on any atom is -0.371 e. The summed E-state index contributed by atoms with van der Waals surface area (Å²) in [5, 5.41) is 0. The van der Waals surface area contributed by atoms with Crippen LogP contribution < -0.4 is 4.90 Å². The smallest absolute Gasteiger partial charge is 0.161 e. The van der Waals surface area contributed by atoms with E-state index in [9.17, 15) is 4.79 Å². The van der Waals surface area contributed by atoms with Gasteiger partial charge < -0.3 is 4.90 Å². The first-order valence-corrected chi connectivity index (χ1v) is 8.13. The Kier molecular flexibility index (Phi) is 4.58. The normalized spacial score (nSPS) is 18.9. The Morgan fingerprint density at radius 3 is 2.45 bits per heavy atom. The zero-order chi connectivity index (χ0) is 14.9. The van der Waals surface area contributed by atoms with Crippen LogP contribution in [-0.2, 0) is 0 Å². The van der Waals surface area contributed by atoms with E-state index < -0.39 is 0 Å². The molecule has 1 aromatic carbocycles. The molecule has 0 atom stereocenters. The summed E-state index contributed by atoms with van der Waals surface area (Å²) in [5.41, 5.74) is 2.35. The van der Waals surface area contributed by atoms with E-state index in [4.69, 9.17) is 0 Å². The second-order valence-corrected chi connectivity index (χ2v) is 7.64. The fourth-order valence-electron chi connectivity index (χ4n) is 3.07. The Morgan fingerprint density at radius 2 is 1.90 bits per heavy atom. The molecule has 3 heteroatoms. The van der Waals surface area contributed by atoms with Gasteiger partial charge in [0, 0.05) is 28.8 Å². The van der Waals surface area contributed by atoms with Gasteiger partial charge in [-0.05, 0) is 56.2 Å². The lowest BCUT2D eigenvalue weighted by atomic mass is 9.75. The van der Waals surface area contributed by atoms with Crippen molar-refractivity contribution in [3.05, 3.63) is 28.2 Å². The first-order valence-electron chi connectivity index (χ1n) is 7.33. The molecule has 0 heterocycles. The summed E-state index contributed by atoms with van der Waals surface area (Å²) < 4.78 is 0.963. The summed E-state index contributed by atoms with van der Waals surface area (Å²) in [6, 6.07) is 6.55. The van der Waals surface area contributed by atoms with Crippen LogP contribution >= 0.6 is 15.9 Å². The van der Waals surface area contributed by atoms with Crippen molar-refractivity contribution in [2.45, 2.75) is 52.5 Å². The van der Waals surface area contributed by atoms with Crippen molar-refractivity contribution in [1.82, 2.24) is 0 Å². The van der Waals surface area contributed by atoms with Crippen molar-refractivity contribution < 1.29 is 4.79 Å². The zero-order valence-corrected chi connectivity index (χ0v) is 14.5. The molecule has 0 saturated heterocycles. The molecule has 2 nitrogen and oxygen atoms in total. The monoisotopic (exact) mass is 337 g/mol. The highest BCUT2D eigenvalue weighted by molar-refractivity contribution is 9.10. The molecule has 1 aliphatic carbocycles. The molecule has 0 aromatic heterocycles. The van der Waals surface area contributed by atoms with Crippen LogP contribution in [0.15, 0.2) is 22.7 Å². The molecule has 0 unspecified atom stereocenters. The topological polar surface area (TPSA) is 20.3 Å². The number of Topliss-reactive ketones (excluding diaryl/α,β-unsaturated/α-hetero) is 1. The fraction of sp³-hybridized carbons (Fsp3) is 0.588. The lowest BCUT2D eigenvalue weighted by Gasteiger charge is -2.40. The van der Waals surface area contributed by atoms with E-state index in [0.717, 1.165) is 15.7 Å². The maximum Gasteiger partial charge on any atom is 0.161 e. The minimum absolute atomic E-state index is 0.129. The summed E-state index contributed by atoms with van der Waals surface area (Å²) in [6.07, 6.45) is 4.93. The van der Waals surface area contributed by atoms with Crippen molar-refractivity contribution in [1.29, 1.82) is 0 Å². The maximum absolute atomic E-state index is 11.9. The highest BCUT2D eigenvalue weighted by Gasteiger charge is 2.29. The number of carbonyl (C=O) groups excluding carboxylic acids is 1. The van der Waals surface area contributed by atoms with E-state index in [1.165, 1.54) is 25.7 Å². The van der Waals surface area contributed by atoms with Crippen LogP contribution in [0, 0.1) is 5.41 Å². The molecule has 1 saturated carbocycles. The van der Waals surface area contributed by atoms with E-state index >= 15 is 0 Å². The van der Waals surface area contributed by atoms with Crippen LogP contribution in [0.25, 0.3) is 0 Å². The number of halogens is 1. The summed E-state index contributed by atoms with van der Waals surface area (Å²) in [5.74, 6) is 0.129. The number of ketones is 1. The van der Waals surface area contributed by atoms with Crippen LogP contribution in [0.1, 0.15) is 56.8 Å². The van der Waals surface area contributed by atoms with Gasteiger partial charge in [-0.15, -0.1) is 0 Å². The van der Waals surface area contributed by atoms with Crippen molar-refractivity contribution >= 4 is 27.4 Å². The Morgan fingerprint density at radius 1 is 1.30 bits per heavy atom. The molecule has 1 aliphatic rings. The first-order chi connectivity index (χ1) is 9.30. The molecule has 110 valence electrons. The summed E-state index contributed by atoms with van der Waals surface area (Å²) in [4.78, 5) is 14.2. The predicted molar refractivity (Wildman–Crippen MR) is 88.6 cm³/mol. The third kappa shape index (κ3) is 3.43. The third-order valence-corrected chi connectivity index (χ3v) is 5.07. The lowest BCUT2D eigenvalue weighted by molar-refractivity contribution is 0.101. The molecular weight excluding hydrogens is 314 g/mol. The van der Waals surface area contributed by atoms with Gasteiger partial charge in [-0.2, -0.15) is 0 Å². The van der Waals surface area contributed by atoms with Gasteiger partial charge in [0.2, 0.25) is 0 Å². The van der Waals surface area contributed by atoms with Crippen LogP contribution in [0.2, 0.25) is 0 Å². The molecule has 0 radical (unpaired) electrons. The molecular formula is C17H24BrNO. The molecule has 2 rings (SSSR count). The van der Waals surface area contributed by atoms with Crippen molar-refractivity contribution in [3.8, 4) is 0 Å². The standard InChI is InChI=1S/C17H24BrNO/c1-12(20)15-11-13(18)5-6-16(15)19(4)14-7-9-17(2,3)10-8-14/h5-6,11,14H,7-10H2,1-4H3. The molecule has 0 N–H and O–H groups in total. The number of benzene rings is 1. The Hall–Kier alpha value is -0.830. The second kappa shape index (κ2) is 5.88. The van der Waals surface area contributed by atoms with Crippen molar-refractivity contribution in [2.75, 3.05) is 11.9 Å². The van der Waals surface area contributed by atoms with Gasteiger partial charge in [-0.3, -0.25) is 4.79 Å². The quantitative estimate of drug-likeness (QED) is 0.718. The Bertz CT molecular complexity index is 500. The van der Waals surface area contributed by atoms with Gasteiger partial charge in [0.25, 0.3) is 0 Å². The van der Waals surface area contributed by atoms with E-state index in [1.807, 2.05) is 12.1 Å². The van der Waals surface area contributed by atoms with E-state index in [0.29, 0.717) is 11.5 Å². The highest BCUT2D eigenvalue weighted by Crippen LogP contribution is 2.38. The van der Waals surface area contributed by atoms with E-state index in [-0.39, 0.29) is 5.78 Å². The highest BCUT2D eigenvalue weighted by atomic mass is 79.9. The molecule has 0 amide bonds. The van der Waals surface area contributed by atoms with Crippen molar-refractivity contribution in [3.63, 3.8) is 0 Å². The minimum atomic E-state index is 0.129. The molecule has 0 bridgehead atoms. The van der Waals surface area contributed by atoms with Gasteiger partial charge in [-0.25, -0.2) is 0 Å². The van der Waals surface area contributed by atoms with E-state index in [2.05, 4.69) is 47.8 Å². The van der Waals surface area contributed by atoms with Gasteiger partial charge >= 0.3 is 0 Å². The molecule has 0 aliphatic heterocycles. The zero-order valence-electron chi connectivity index (χ0n) is 12.9. The van der Waals surface area contributed by atoms with Crippen molar-refractivity contribution in [2.24, 2.45) is 5.41 Å². The third-order valence-electron chi connectivity index (χ3n) is 4.57. The van der Waals surface area contributed by atoms with Crippen LogP contribution in [0.3, 0.4) is 0 Å². The molecule has 0 spiro atoms. The van der Waals surface area contributed by atoms with Gasteiger partial charge in [0.15, 0.2) is 5.78 Å². The van der Waals surface area contributed by atoms with Crippen LogP contribution in [0.4, 0.5) is 5.69 Å². The number of anilines is 1. The molecule has 1 aromatic rings. The van der Waals surface area contributed by atoms with Crippen LogP contribution in [-0.4, -0.2) is 18.9 Å². The number of carbonyl (C=O) groups is 1. The number of hydrogen-bond acceptors (Lipinski definition) is 2. The average molecular weight is 338 g/mol. The van der Waals surface area contributed by atoms with E-state index in [1.54, 1.807) is 6.92 Å². The summed E-state index contributed by atoms with van der Waals surface area (Å²) in [6.45, 7) is 6.34. The summed E-state index contributed by atoms with van der Waals surface area (Å²) in [7, 11) is 2.12. The van der Waals surface area contributed by atoms with Gasteiger partial charge in [0.05, 0.1) is 0 Å². The SMILES string of the molecule is CC(=O)c1cc(Br)ccc1N(C)C1CCC(C)(C)CC1. The molecule has 1 fully saturated rings. The molecule has 20 heavy (non-hydrogen) atoms. The summed E-state index contributed by atoms with van der Waals surface area (Å²) >= 11 is 3.45. The first kappa shape index (κ1) is 15.6. The predicted octanol–water partition coefficient (Wildman–Crippen LogP) is 5.06. The van der Waals surface area contributed by atoms with Crippen LogP contribution in [0.5, 0.6) is 0 Å². The number of hydrogen-bond donors (Lipinski definition) is 0. The number of nitrogens with zero attached hydrogens (tertiary/aromatic N) is 1. The maximum atomic E-state index is 11.9. The number of rotatable bonds is 3. The van der Waals surface area contributed by atoms with Gasteiger partial charge in [0.1, 0.15) is 0 Å². The Labute approximate surface area is 130 Å².